The fourth-order valence-electron chi connectivity index (χ4n) is 1.17. The van der Waals surface area contributed by atoms with Crippen molar-refractivity contribution in [2.45, 2.75) is 19.6 Å². The molecule has 0 amide bonds. The highest BCUT2D eigenvalue weighted by Gasteiger charge is 2.33. The molecule has 0 heterocycles. The average molecular weight is 224 g/mol. The van der Waals surface area contributed by atoms with Crippen LogP contribution in [0.1, 0.15) is 19.4 Å². The molecule has 4 heteroatoms. The van der Waals surface area contributed by atoms with E-state index in [4.69, 9.17) is 9.84 Å². The Kier molecular flexibility index (Phi) is 4.04. The molecule has 0 saturated carbocycles. The van der Waals surface area contributed by atoms with E-state index in [0.717, 1.165) is 0 Å². The molecule has 1 unspecified atom stereocenters. The minimum absolute atomic E-state index is 0.353. The molecule has 0 aliphatic carbocycles. The van der Waals surface area contributed by atoms with E-state index >= 15 is 0 Å². The molecule has 0 aromatic heterocycles. The first-order valence-corrected chi connectivity index (χ1v) is 5.11. The highest BCUT2D eigenvalue weighted by Crippen LogP contribution is 2.23. The normalized spacial score (nSPS) is 14.6. The van der Waals surface area contributed by atoms with Gasteiger partial charge in [0.2, 0.25) is 0 Å². The quantitative estimate of drug-likeness (QED) is 0.592. The average Bonchev–Trinajstić information content (AvgIpc) is 2.29. The van der Waals surface area contributed by atoms with E-state index in [2.05, 4.69) is 0 Å². The van der Waals surface area contributed by atoms with Crippen molar-refractivity contribution < 1.29 is 19.7 Å². The molecular formula is C12H16O4. The van der Waals surface area contributed by atoms with Crippen molar-refractivity contribution in [3.8, 4) is 0 Å². The minimum atomic E-state index is -1.96. The molecule has 0 saturated heterocycles. The Hall–Kier alpha value is -1.39. The van der Waals surface area contributed by atoms with E-state index in [-0.39, 0.29) is 5.92 Å². The second kappa shape index (κ2) is 5.09. The van der Waals surface area contributed by atoms with Gasteiger partial charge in [-0.3, -0.25) is 4.79 Å². The van der Waals surface area contributed by atoms with Crippen molar-refractivity contribution in [2.24, 2.45) is 5.92 Å². The Morgan fingerprint density at radius 1 is 1.38 bits per heavy atom. The number of hydrogen-bond acceptors (Lipinski definition) is 4. The standard InChI is InChI=1S/C12H16O4/c1-9(2)11(14)16-12(15,8-13)10-6-4-3-5-7-10/h3-7,9,13,15H,8H2,1-2H3. The van der Waals surface area contributed by atoms with Crippen LogP contribution in [0.5, 0.6) is 0 Å². The molecule has 16 heavy (non-hydrogen) atoms. The zero-order valence-electron chi connectivity index (χ0n) is 9.38. The van der Waals surface area contributed by atoms with Crippen molar-refractivity contribution >= 4 is 5.97 Å². The zero-order chi connectivity index (χ0) is 12.2. The van der Waals surface area contributed by atoms with Gasteiger partial charge in [0.05, 0.1) is 5.92 Å². The van der Waals surface area contributed by atoms with Crippen LogP contribution in [0.2, 0.25) is 0 Å². The van der Waals surface area contributed by atoms with Gasteiger partial charge < -0.3 is 14.9 Å². The molecule has 2 N–H and O–H groups in total. The molecule has 1 aromatic carbocycles. The van der Waals surface area contributed by atoms with Gasteiger partial charge in [-0.05, 0) is 0 Å². The Bertz CT molecular complexity index is 347. The van der Waals surface area contributed by atoms with Crippen LogP contribution in [0, 0.1) is 5.92 Å². The molecule has 4 nitrogen and oxygen atoms in total. The van der Waals surface area contributed by atoms with Crippen LogP contribution in [0.3, 0.4) is 0 Å². The van der Waals surface area contributed by atoms with Gasteiger partial charge >= 0.3 is 5.97 Å². The molecule has 1 atom stereocenters. The highest BCUT2D eigenvalue weighted by molar-refractivity contribution is 5.72. The molecule has 0 aliphatic rings. The summed E-state index contributed by atoms with van der Waals surface area (Å²) in [5.41, 5.74) is 0.353. The molecule has 88 valence electrons. The van der Waals surface area contributed by atoms with Gasteiger partial charge in [-0.25, -0.2) is 0 Å². The third kappa shape index (κ3) is 2.81. The Morgan fingerprint density at radius 3 is 2.38 bits per heavy atom. The molecular weight excluding hydrogens is 208 g/mol. The fourth-order valence-corrected chi connectivity index (χ4v) is 1.17. The molecule has 0 fully saturated rings. The van der Waals surface area contributed by atoms with Crippen molar-refractivity contribution in [3.63, 3.8) is 0 Å². The van der Waals surface area contributed by atoms with Gasteiger partial charge in [0.25, 0.3) is 5.79 Å². The largest absolute Gasteiger partial charge is 0.426 e. The molecule has 1 rings (SSSR count). The number of rotatable bonds is 4. The Morgan fingerprint density at radius 2 is 1.94 bits per heavy atom. The van der Waals surface area contributed by atoms with Gasteiger partial charge in [-0.15, -0.1) is 0 Å². The summed E-state index contributed by atoms with van der Waals surface area (Å²) in [4.78, 5) is 11.4. The summed E-state index contributed by atoms with van der Waals surface area (Å²) in [7, 11) is 0. The Labute approximate surface area is 94.5 Å². The van der Waals surface area contributed by atoms with Crippen molar-refractivity contribution in [1.82, 2.24) is 0 Å². The first kappa shape index (κ1) is 12.7. The predicted octanol–water partition coefficient (Wildman–Crippen LogP) is 1.02. The summed E-state index contributed by atoms with van der Waals surface area (Å²) >= 11 is 0. The van der Waals surface area contributed by atoms with Gasteiger partial charge in [0.15, 0.2) is 0 Å². The molecule has 0 spiro atoms. The number of carbonyl (C=O) groups is 1. The van der Waals surface area contributed by atoms with Crippen LogP contribution >= 0.6 is 0 Å². The zero-order valence-corrected chi connectivity index (χ0v) is 9.38. The van der Waals surface area contributed by atoms with Crippen LogP contribution in [0.25, 0.3) is 0 Å². The van der Waals surface area contributed by atoms with E-state index in [1.54, 1.807) is 44.2 Å². The number of esters is 1. The van der Waals surface area contributed by atoms with Crippen molar-refractivity contribution in [1.29, 1.82) is 0 Å². The maximum Gasteiger partial charge on any atom is 0.311 e. The SMILES string of the molecule is CC(C)C(=O)OC(O)(CO)c1ccccc1. The van der Waals surface area contributed by atoms with Crippen LogP contribution in [-0.2, 0) is 15.3 Å². The fraction of sp³-hybridized carbons (Fsp3) is 0.417. The van der Waals surface area contributed by atoms with Crippen LogP contribution in [0.4, 0.5) is 0 Å². The summed E-state index contributed by atoms with van der Waals surface area (Å²) in [5.74, 6) is -2.87. The van der Waals surface area contributed by atoms with Crippen LogP contribution < -0.4 is 0 Å². The molecule has 0 radical (unpaired) electrons. The van der Waals surface area contributed by atoms with E-state index in [1.165, 1.54) is 0 Å². The first-order valence-electron chi connectivity index (χ1n) is 5.11. The lowest BCUT2D eigenvalue weighted by Gasteiger charge is -2.26. The maximum absolute atomic E-state index is 11.4. The smallest absolute Gasteiger partial charge is 0.311 e. The lowest BCUT2D eigenvalue weighted by Crippen LogP contribution is -2.37. The lowest BCUT2D eigenvalue weighted by molar-refractivity contribution is -0.232. The third-order valence-electron chi connectivity index (χ3n) is 2.18. The summed E-state index contributed by atoms with van der Waals surface area (Å²) in [6.45, 7) is 2.64. The highest BCUT2D eigenvalue weighted by atomic mass is 16.7. The summed E-state index contributed by atoms with van der Waals surface area (Å²) in [6, 6.07) is 8.33. The van der Waals surface area contributed by atoms with Crippen LogP contribution in [-0.4, -0.2) is 22.8 Å². The lowest BCUT2D eigenvalue weighted by atomic mass is 10.1. The van der Waals surface area contributed by atoms with Gasteiger partial charge in [-0.2, -0.15) is 0 Å². The first-order chi connectivity index (χ1) is 7.49. The monoisotopic (exact) mass is 224 g/mol. The second-order valence-corrected chi connectivity index (χ2v) is 3.88. The number of carbonyl (C=O) groups excluding carboxylic acids is 1. The molecule has 1 aromatic rings. The predicted molar refractivity (Wildman–Crippen MR) is 58.4 cm³/mol. The minimum Gasteiger partial charge on any atom is -0.426 e. The Balaban J connectivity index is 2.90. The van der Waals surface area contributed by atoms with Gasteiger partial charge in [0.1, 0.15) is 6.61 Å². The summed E-state index contributed by atoms with van der Waals surface area (Å²) < 4.78 is 4.90. The van der Waals surface area contributed by atoms with E-state index < -0.39 is 18.4 Å². The summed E-state index contributed by atoms with van der Waals surface area (Å²) in [6.07, 6.45) is 0. The van der Waals surface area contributed by atoms with E-state index in [1.807, 2.05) is 0 Å². The van der Waals surface area contributed by atoms with Crippen molar-refractivity contribution in [3.05, 3.63) is 35.9 Å². The van der Waals surface area contributed by atoms with E-state index in [9.17, 15) is 9.90 Å². The number of aliphatic hydroxyl groups is 2. The van der Waals surface area contributed by atoms with Crippen LogP contribution in [0.15, 0.2) is 30.3 Å². The van der Waals surface area contributed by atoms with Gasteiger partial charge in [0, 0.05) is 5.56 Å². The number of benzene rings is 1. The van der Waals surface area contributed by atoms with Crippen molar-refractivity contribution in [2.75, 3.05) is 6.61 Å². The topological polar surface area (TPSA) is 66.8 Å². The third-order valence-corrected chi connectivity index (χ3v) is 2.18. The number of aliphatic hydroxyl groups excluding tert-OH is 1. The second-order valence-electron chi connectivity index (χ2n) is 3.88. The van der Waals surface area contributed by atoms with E-state index in [0.29, 0.717) is 5.56 Å². The summed E-state index contributed by atoms with van der Waals surface area (Å²) in [5, 5.41) is 19.2. The van der Waals surface area contributed by atoms with Gasteiger partial charge in [-0.1, -0.05) is 44.2 Å². The molecule has 0 aliphatic heterocycles. The molecule has 0 bridgehead atoms. The number of hydrogen-bond donors (Lipinski definition) is 2. The maximum atomic E-state index is 11.4. The number of ether oxygens (including phenoxy) is 1.